The molecule has 0 saturated heterocycles. The van der Waals surface area contributed by atoms with Crippen molar-refractivity contribution >= 4 is 5.91 Å². The lowest BCUT2D eigenvalue weighted by Crippen LogP contribution is -2.42. The molecule has 0 radical (unpaired) electrons. The normalized spacial score (nSPS) is 25.2. The van der Waals surface area contributed by atoms with Gasteiger partial charge in [0, 0.05) is 27.3 Å². The smallest absolute Gasteiger partial charge is 0.239 e. The summed E-state index contributed by atoms with van der Waals surface area (Å²) in [6.45, 7) is 3.75. The summed E-state index contributed by atoms with van der Waals surface area (Å²) in [5.74, 6) is 1.54. The molecular formula is C12H24N2O2. The summed E-state index contributed by atoms with van der Waals surface area (Å²) in [7, 11) is 3.51. The van der Waals surface area contributed by atoms with E-state index in [9.17, 15) is 4.79 Å². The van der Waals surface area contributed by atoms with Gasteiger partial charge in [0.2, 0.25) is 5.91 Å². The average molecular weight is 228 g/mol. The van der Waals surface area contributed by atoms with Crippen molar-refractivity contribution in [3.05, 3.63) is 0 Å². The minimum absolute atomic E-state index is 0.0650. The Labute approximate surface area is 98.1 Å². The molecular weight excluding hydrogens is 204 g/mol. The van der Waals surface area contributed by atoms with Crippen molar-refractivity contribution in [1.82, 2.24) is 4.90 Å². The zero-order valence-corrected chi connectivity index (χ0v) is 10.6. The van der Waals surface area contributed by atoms with E-state index in [1.165, 1.54) is 6.42 Å². The maximum atomic E-state index is 11.9. The van der Waals surface area contributed by atoms with Crippen LogP contribution in [0.3, 0.4) is 0 Å². The first-order valence-electron chi connectivity index (χ1n) is 6.05. The largest absolute Gasteiger partial charge is 0.385 e. The van der Waals surface area contributed by atoms with Crippen molar-refractivity contribution in [2.75, 3.05) is 27.3 Å². The lowest BCUT2D eigenvalue weighted by molar-refractivity contribution is -0.131. The molecule has 3 atom stereocenters. The second-order valence-corrected chi connectivity index (χ2v) is 4.93. The van der Waals surface area contributed by atoms with E-state index < -0.39 is 0 Å². The molecule has 0 aromatic heterocycles. The SMILES string of the molecule is COCCCC(N)C(=O)N(C)CC1CC1C. The van der Waals surface area contributed by atoms with E-state index in [0.717, 1.165) is 18.9 Å². The number of hydrogen-bond acceptors (Lipinski definition) is 3. The summed E-state index contributed by atoms with van der Waals surface area (Å²) in [4.78, 5) is 13.7. The van der Waals surface area contributed by atoms with Gasteiger partial charge >= 0.3 is 0 Å². The fourth-order valence-corrected chi connectivity index (χ4v) is 1.95. The third-order valence-corrected chi connectivity index (χ3v) is 3.34. The lowest BCUT2D eigenvalue weighted by Gasteiger charge is -2.21. The van der Waals surface area contributed by atoms with Crippen LogP contribution in [-0.2, 0) is 9.53 Å². The van der Waals surface area contributed by atoms with Crippen LogP contribution in [-0.4, -0.2) is 44.2 Å². The van der Waals surface area contributed by atoms with Crippen molar-refractivity contribution in [3.63, 3.8) is 0 Å². The highest BCUT2D eigenvalue weighted by atomic mass is 16.5. The topological polar surface area (TPSA) is 55.6 Å². The molecule has 2 N–H and O–H groups in total. The molecule has 0 aromatic rings. The first-order valence-corrected chi connectivity index (χ1v) is 6.05. The van der Waals surface area contributed by atoms with E-state index in [-0.39, 0.29) is 11.9 Å². The van der Waals surface area contributed by atoms with Crippen LogP contribution in [0.15, 0.2) is 0 Å². The second kappa shape index (κ2) is 6.21. The van der Waals surface area contributed by atoms with Gasteiger partial charge in [0.25, 0.3) is 0 Å². The number of amides is 1. The summed E-state index contributed by atoms with van der Waals surface area (Å²) in [6.07, 6.45) is 2.80. The van der Waals surface area contributed by atoms with Crippen molar-refractivity contribution in [2.45, 2.75) is 32.2 Å². The number of nitrogens with two attached hydrogens (primary N) is 1. The average Bonchev–Trinajstić information content (AvgIpc) is 2.93. The Morgan fingerprint density at radius 2 is 2.25 bits per heavy atom. The molecule has 4 heteroatoms. The Hall–Kier alpha value is -0.610. The molecule has 0 spiro atoms. The molecule has 16 heavy (non-hydrogen) atoms. The summed E-state index contributed by atoms with van der Waals surface area (Å²) in [5, 5.41) is 0. The Morgan fingerprint density at radius 1 is 1.62 bits per heavy atom. The molecule has 1 fully saturated rings. The lowest BCUT2D eigenvalue weighted by atomic mass is 10.1. The minimum Gasteiger partial charge on any atom is -0.385 e. The van der Waals surface area contributed by atoms with Crippen LogP contribution in [0.5, 0.6) is 0 Å². The number of carbonyl (C=O) groups excluding carboxylic acids is 1. The van der Waals surface area contributed by atoms with Crippen LogP contribution < -0.4 is 5.73 Å². The van der Waals surface area contributed by atoms with Gasteiger partial charge < -0.3 is 15.4 Å². The van der Waals surface area contributed by atoms with Crippen LogP contribution in [0.25, 0.3) is 0 Å². The number of nitrogens with zero attached hydrogens (tertiary/aromatic N) is 1. The summed E-state index contributed by atoms with van der Waals surface area (Å²) < 4.78 is 4.94. The molecule has 1 rings (SSSR count). The zero-order chi connectivity index (χ0) is 12.1. The quantitative estimate of drug-likeness (QED) is 0.657. The van der Waals surface area contributed by atoms with Crippen LogP contribution in [0.1, 0.15) is 26.2 Å². The van der Waals surface area contributed by atoms with Crippen molar-refractivity contribution in [1.29, 1.82) is 0 Å². The Bertz CT molecular complexity index is 233. The van der Waals surface area contributed by atoms with Gasteiger partial charge in [0.15, 0.2) is 0 Å². The summed E-state index contributed by atoms with van der Waals surface area (Å²) in [5.41, 5.74) is 5.84. The molecule has 1 aliphatic rings. The highest BCUT2D eigenvalue weighted by Gasteiger charge is 2.34. The van der Waals surface area contributed by atoms with Crippen LogP contribution >= 0.6 is 0 Å². The predicted octanol–water partition coefficient (Wildman–Crippen LogP) is 0.855. The summed E-state index contributed by atoms with van der Waals surface area (Å²) in [6, 6.07) is -0.366. The number of hydrogen-bond donors (Lipinski definition) is 1. The van der Waals surface area contributed by atoms with E-state index >= 15 is 0 Å². The fourth-order valence-electron chi connectivity index (χ4n) is 1.95. The number of ether oxygens (including phenoxy) is 1. The maximum Gasteiger partial charge on any atom is 0.239 e. The highest BCUT2D eigenvalue weighted by molar-refractivity contribution is 5.81. The first kappa shape index (κ1) is 13.5. The molecule has 0 aromatic carbocycles. The zero-order valence-electron chi connectivity index (χ0n) is 10.6. The molecule has 0 bridgehead atoms. The van der Waals surface area contributed by atoms with Gasteiger partial charge in [0.05, 0.1) is 6.04 Å². The number of carbonyl (C=O) groups is 1. The molecule has 0 aliphatic heterocycles. The van der Waals surface area contributed by atoms with Crippen LogP contribution in [0.2, 0.25) is 0 Å². The van der Waals surface area contributed by atoms with Gasteiger partial charge in [0.1, 0.15) is 0 Å². The van der Waals surface area contributed by atoms with Crippen molar-refractivity contribution in [2.24, 2.45) is 17.6 Å². The van der Waals surface area contributed by atoms with E-state index in [2.05, 4.69) is 6.92 Å². The molecule has 1 saturated carbocycles. The Morgan fingerprint density at radius 3 is 2.75 bits per heavy atom. The second-order valence-electron chi connectivity index (χ2n) is 4.93. The first-order chi connectivity index (χ1) is 7.56. The predicted molar refractivity (Wildman–Crippen MR) is 64.0 cm³/mol. The molecule has 1 amide bonds. The van der Waals surface area contributed by atoms with Gasteiger partial charge in [-0.15, -0.1) is 0 Å². The van der Waals surface area contributed by atoms with Gasteiger partial charge in [-0.2, -0.15) is 0 Å². The summed E-state index contributed by atoms with van der Waals surface area (Å²) >= 11 is 0. The van der Waals surface area contributed by atoms with E-state index in [4.69, 9.17) is 10.5 Å². The van der Waals surface area contributed by atoms with E-state index in [1.54, 1.807) is 12.0 Å². The highest BCUT2D eigenvalue weighted by Crippen LogP contribution is 2.37. The monoisotopic (exact) mass is 228 g/mol. The number of rotatable bonds is 7. The molecule has 3 unspecified atom stereocenters. The van der Waals surface area contributed by atoms with Crippen LogP contribution in [0.4, 0.5) is 0 Å². The van der Waals surface area contributed by atoms with E-state index in [0.29, 0.717) is 18.9 Å². The minimum atomic E-state index is -0.366. The Balaban J connectivity index is 2.20. The standard InChI is InChI=1S/C12H24N2O2/c1-9-7-10(9)8-14(2)12(15)11(13)5-4-6-16-3/h9-11H,4-8,13H2,1-3H3. The molecule has 94 valence electrons. The van der Waals surface area contributed by atoms with E-state index in [1.807, 2.05) is 7.05 Å². The van der Waals surface area contributed by atoms with Crippen molar-refractivity contribution < 1.29 is 9.53 Å². The van der Waals surface area contributed by atoms with Gasteiger partial charge in [-0.1, -0.05) is 6.92 Å². The van der Waals surface area contributed by atoms with Gasteiger partial charge in [-0.05, 0) is 31.1 Å². The molecule has 4 nitrogen and oxygen atoms in total. The van der Waals surface area contributed by atoms with Gasteiger partial charge in [-0.25, -0.2) is 0 Å². The fraction of sp³-hybridized carbons (Fsp3) is 0.917. The van der Waals surface area contributed by atoms with Crippen molar-refractivity contribution in [3.8, 4) is 0 Å². The molecule has 1 aliphatic carbocycles. The van der Waals surface area contributed by atoms with Crippen LogP contribution in [0, 0.1) is 11.8 Å². The van der Waals surface area contributed by atoms with Gasteiger partial charge in [-0.3, -0.25) is 4.79 Å². The number of likely N-dealkylation sites (N-methyl/N-ethyl adjacent to an activating group) is 1. The number of methoxy groups -OCH3 is 1. The third kappa shape index (κ3) is 4.10. The Kier molecular flexibility index (Phi) is 5.22. The molecule has 0 heterocycles. The third-order valence-electron chi connectivity index (χ3n) is 3.34. The maximum absolute atomic E-state index is 11.9.